The first-order valence-electron chi connectivity index (χ1n) is 11.4. The molecule has 2 atom stereocenters. The number of nitro groups is 2. The molecule has 11 heteroatoms. The molecule has 0 saturated heterocycles. The standard InChI is InChI=1S/C27H25N2O9/c1-17(31)38-27-21(14-25(36-2)19-4-8-23(9-5-19)28(32)33)12-18(16-30)13-22(27)15-26(37-3)20-6-10-24(11-7-20)29(34)35/h4-13,25-26H,14-15H2,1-3H3. The Hall–Kier alpha value is -4.48. The van der Waals surface area contributed by atoms with Crippen molar-refractivity contribution in [2.75, 3.05) is 14.2 Å². The Morgan fingerprint density at radius 1 is 0.816 bits per heavy atom. The van der Waals surface area contributed by atoms with Gasteiger partial charge in [0.1, 0.15) is 5.75 Å². The first-order chi connectivity index (χ1) is 18.2. The van der Waals surface area contributed by atoms with E-state index < -0.39 is 28.0 Å². The zero-order chi connectivity index (χ0) is 27.8. The third-order valence-electron chi connectivity index (χ3n) is 5.94. The number of hydrogen-bond donors (Lipinski definition) is 0. The van der Waals surface area contributed by atoms with Crippen molar-refractivity contribution < 1.29 is 33.6 Å². The lowest BCUT2D eigenvalue weighted by Crippen LogP contribution is -2.14. The maximum absolute atomic E-state index is 12.0. The molecule has 0 heterocycles. The van der Waals surface area contributed by atoms with Crippen LogP contribution in [-0.2, 0) is 31.9 Å². The number of nitro benzene ring substituents is 2. The van der Waals surface area contributed by atoms with Gasteiger partial charge in [0, 0.05) is 63.8 Å². The van der Waals surface area contributed by atoms with Crippen LogP contribution in [0.1, 0.15) is 46.9 Å². The highest BCUT2D eigenvalue weighted by atomic mass is 16.6. The summed E-state index contributed by atoms with van der Waals surface area (Å²) in [6.45, 7) is 1.25. The molecule has 0 aliphatic heterocycles. The number of rotatable bonds is 12. The quantitative estimate of drug-likeness (QED) is 0.142. The van der Waals surface area contributed by atoms with Crippen molar-refractivity contribution in [1.29, 1.82) is 0 Å². The van der Waals surface area contributed by atoms with Crippen LogP contribution in [0.5, 0.6) is 5.75 Å². The van der Waals surface area contributed by atoms with Crippen LogP contribution < -0.4 is 4.74 Å². The topological polar surface area (TPSA) is 148 Å². The second-order valence-electron chi connectivity index (χ2n) is 8.37. The van der Waals surface area contributed by atoms with Crippen molar-refractivity contribution in [2.24, 2.45) is 0 Å². The molecule has 0 saturated carbocycles. The Balaban J connectivity index is 2.02. The Kier molecular flexibility index (Phi) is 9.36. The first-order valence-corrected chi connectivity index (χ1v) is 11.4. The summed E-state index contributed by atoms with van der Waals surface area (Å²) < 4.78 is 16.8. The van der Waals surface area contributed by atoms with E-state index in [1.165, 1.54) is 45.4 Å². The highest BCUT2D eigenvalue weighted by molar-refractivity contribution is 5.78. The second-order valence-corrected chi connectivity index (χ2v) is 8.37. The summed E-state index contributed by atoms with van der Waals surface area (Å²) in [4.78, 5) is 44.7. The SMILES string of the molecule is COC(Cc1cc([C]=O)cc(CC(OC)c2ccc([N+](=O)[O-])cc2)c1OC(C)=O)c1ccc([N+](=O)[O-])cc1. The second kappa shape index (κ2) is 12.7. The molecule has 38 heavy (non-hydrogen) atoms. The molecule has 0 amide bonds. The minimum Gasteiger partial charge on any atom is -0.426 e. The molecule has 0 bridgehead atoms. The van der Waals surface area contributed by atoms with Gasteiger partial charge < -0.3 is 14.2 Å². The van der Waals surface area contributed by atoms with Crippen molar-refractivity contribution in [3.63, 3.8) is 0 Å². The summed E-state index contributed by atoms with van der Waals surface area (Å²) in [5, 5.41) is 22.0. The monoisotopic (exact) mass is 521 g/mol. The molecule has 0 spiro atoms. The largest absolute Gasteiger partial charge is 0.426 e. The van der Waals surface area contributed by atoms with Crippen molar-refractivity contribution in [3.05, 3.63) is 109 Å². The molecule has 1 radical (unpaired) electrons. The average Bonchev–Trinajstić information content (AvgIpc) is 2.91. The maximum atomic E-state index is 12.0. The van der Waals surface area contributed by atoms with Gasteiger partial charge >= 0.3 is 5.97 Å². The van der Waals surface area contributed by atoms with Crippen molar-refractivity contribution in [2.45, 2.75) is 32.0 Å². The summed E-state index contributed by atoms with van der Waals surface area (Å²) >= 11 is 0. The number of non-ortho nitro benzene ring substituents is 2. The summed E-state index contributed by atoms with van der Waals surface area (Å²) in [7, 11) is 2.95. The zero-order valence-corrected chi connectivity index (χ0v) is 20.9. The number of benzene rings is 3. The normalized spacial score (nSPS) is 12.4. The van der Waals surface area contributed by atoms with Gasteiger partial charge in [-0.15, -0.1) is 0 Å². The Morgan fingerprint density at radius 3 is 1.50 bits per heavy atom. The average molecular weight is 522 g/mol. The molecule has 197 valence electrons. The van der Waals surface area contributed by atoms with Gasteiger partial charge in [-0.3, -0.25) is 29.8 Å². The minimum atomic E-state index is -0.580. The third-order valence-corrected chi connectivity index (χ3v) is 5.94. The number of hydrogen-bond acceptors (Lipinski definition) is 9. The van der Waals surface area contributed by atoms with E-state index >= 15 is 0 Å². The third kappa shape index (κ3) is 6.84. The van der Waals surface area contributed by atoms with E-state index in [1.54, 1.807) is 36.4 Å². The molecule has 0 aromatic heterocycles. The maximum Gasteiger partial charge on any atom is 0.308 e. The summed E-state index contributed by atoms with van der Waals surface area (Å²) in [5.41, 5.74) is 2.34. The molecule has 0 fully saturated rings. The molecule has 3 rings (SSSR count). The smallest absolute Gasteiger partial charge is 0.308 e. The molecule has 3 aromatic rings. The summed E-state index contributed by atoms with van der Waals surface area (Å²) in [6.07, 6.45) is 1.07. The van der Waals surface area contributed by atoms with E-state index in [-0.39, 0.29) is 35.5 Å². The van der Waals surface area contributed by atoms with Gasteiger partial charge in [-0.05, 0) is 58.7 Å². The number of nitrogens with zero attached hydrogens (tertiary/aromatic N) is 2. The van der Waals surface area contributed by atoms with Crippen LogP contribution in [0.15, 0.2) is 60.7 Å². The number of methoxy groups -OCH3 is 2. The van der Waals surface area contributed by atoms with E-state index in [9.17, 15) is 29.8 Å². The van der Waals surface area contributed by atoms with E-state index in [0.29, 0.717) is 22.3 Å². The lowest BCUT2D eigenvalue weighted by molar-refractivity contribution is -0.385. The molecule has 0 aliphatic rings. The van der Waals surface area contributed by atoms with Crippen LogP contribution >= 0.6 is 0 Å². The molecular weight excluding hydrogens is 496 g/mol. The molecule has 0 aliphatic carbocycles. The van der Waals surface area contributed by atoms with Crippen molar-refractivity contribution >= 4 is 23.6 Å². The fraction of sp³-hybridized carbons (Fsp3) is 0.259. The van der Waals surface area contributed by atoms with Gasteiger partial charge in [-0.25, -0.2) is 0 Å². The van der Waals surface area contributed by atoms with E-state index in [1.807, 2.05) is 6.29 Å². The number of carbonyl (C=O) groups excluding carboxylic acids is 2. The predicted octanol–water partition coefficient (Wildman–Crippen LogP) is 4.75. The fourth-order valence-corrected chi connectivity index (χ4v) is 4.09. The van der Waals surface area contributed by atoms with Gasteiger partial charge in [0.25, 0.3) is 11.4 Å². The van der Waals surface area contributed by atoms with E-state index in [0.717, 1.165) is 0 Å². The lowest BCUT2D eigenvalue weighted by atomic mass is 9.93. The highest BCUT2D eigenvalue weighted by Gasteiger charge is 2.23. The summed E-state index contributed by atoms with van der Waals surface area (Å²) in [6, 6.07) is 14.8. The van der Waals surface area contributed by atoms with Crippen LogP contribution in [0.3, 0.4) is 0 Å². The van der Waals surface area contributed by atoms with E-state index in [4.69, 9.17) is 14.2 Å². The summed E-state index contributed by atoms with van der Waals surface area (Å²) in [5.74, 6) is -0.353. The Labute approximate surface area is 218 Å². The molecule has 0 N–H and O–H groups in total. The minimum absolute atomic E-state index is 0.0686. The van der Waals surface area contributed by atoms with Gasteiger partial charge in [0.05, 0.1) is 22.1 Å². The van der Waals surface area contributed by atoms with Crippen molar-refractivity contribution in [1.82, 2.24) is 0 Å². The van der Waals surface area contributed by atoms with Gasteiger partial charge in [0.15, 0.2) is 0 Å². The number of carbonyl (C=O) groups is 1. The van der Waals surface area contributed by atoms with Gasteiger partial charge in [0.2, 0.25) is 6.29 Å². The highest BCUT2D eigenvalue weighted by Crippen LogP contribution is 2.35. The van der Waals surface area contributed by atoms with E-state index in [2.05, 4.69) is 0 Å². The Bertz CT molecular complexity index is 1230. The first kappa shape index (κ1) is 28.1. The van der Waals surface area contributed by atoms with Gasteiger partial charge in [-0.1, -0.05) is 0 Å². The van der Waals surface area contributed by atoms with Gasteiger partial charge in [-0.2, -0.15) is 0 Å². The lowest BCUT2D eigenvalue weighted by Gasteiger charge is -2.22. The molecular formula is C27H25N2O9. The number of ether oxygens (including phenoxy) is 3. The zero-order valence-electron chi connectivity index (χ0n) is 20.9. The predicted molar refractivity (Wildman–Crippen MR) is 136 cm³/mol. The molecule has 11 nitrogen and oxygen atoms in total. The number of esters is 1. The Morgan fingerprint density at radius 2 is 1.21 bits per heavy atom. The van der Waals surface area contributed by atoms with Crippen LogP contribution in [0.2, 0.25) is 0 Å². The van der Waals surface area contributed by atoms with Crippen LogP contribution in [-0.4, -0.2) is 36.3 Å². The van der Waals surface area contributed by atoms with Crippen LogP contribution in [0.25, 0.3) is 0 Å². The fourth-order valence-electron chi connectivity index (χ4n) is 4.09. The van der Waals surface area contributed by atoms with Crippen LogP contribution in [0, 0.1) is 20.2 Å². The van der Waals surface area contributed by atoms with Crippen molar-refractivity contribution in [3.8, 4) is 5.75 Å². The molecule has 3 aromatic carbocycles. The molecule has 2 unspecified atom stereocenters. The van der Waals surface area contributed by atoms with Crippen LogP contribution in [0.4, 0.5) is 11.4 Å².